The Morgan fingerprint density at radius 3 is 3.12 bits per heavy atom. The summed E-state index contributed by atoms with van der Waals surface area (Å²) in [6, 6.07) is 7.53. The predicted molar refractivity (Wildman–Crippen MR) is 96.7 cm³/mol. The molecule has 0 aliphatic carbocycles. The molecule has 1 N–H and O–H groups in total. The Hall–Kier alpha value is -2.52. The van der Waals surface area contributed by atoms with Crippen molar-refractivity contribution in [2.75, 3.05) is 18.9 Å². The first-order valence-corrected chi connectivity index (χ1v) is 9.42. The predicted octanol–water partition coefficient (Wildman–Crippen LogP) is 1.57. The molecule has 0 saturated carbocycles. The van der Waals surface area contributed by atoms with Crippen molar-refractivity contribution >= 4 is 23.3 Å². The van der Waals surface area contributed by atoms with E-state index in [9.17, 15) is 4.79 Å². The standard InChI is InChI=1S/C17H18N6O2S/c24-16(19-10-13-4-2-8-25-13)11-26-17-21-20-15-6-5-14(22-23(15)17)12-3-1-7-18-9-12/h1,3,5-7,9,13H,2,4,8,10-11H2,(H,19,24)/t13-/m1/s1. The molecule has 3 aromatic rings. The van der Waals surface area contributed by atoms with Crippen molar-refractivity contribution in [3.8, 4) is 11.3 Å². The van der Waals surface area contributed by atoms with E-state index in [2.05, 4.69) is 25.6 Å². The number of nitrogens with zero attached hydrogens (tertiary/aromatic N) is 5. The van der Waals surface area contributed by atoms with Gasteiger partial charge in [-0.15, -0.1) is 10.2 Å². The number of carbonyl (C=O) groups excluding carboxylic acids is 1. The fraction of sp³-hybridized carbons (Fsp3) is 0.353. The normalized spacial score (nSPS) is 16.8. The smallest absolute Gasteiger partial charge is 0.230 e. The van der Waals surface area contributed by atoms with E-state index in [4.69, 9.17) is 4.74 Å². The maximum Gasteiger partial charge on any atom is 0.230 e. The summed E-state index contributed by atoms with van der Waals surface area (Å²) in [4.78, 5) is 16.2. The SMILES string of the molecule is O=C(CSc1nnc2ccc(-c3cccnc3)nn12)NC[C@H]1CCCO1. The third-order valence-electron chi connectivity index (χ3n) is 4.07. The number of ether oxygens (including phenoxy) is 1. The summed E-state index contributed by atoms with van der Waals surface area (Å²) in [5, 5.41) is 16.3. The molecule has 0 aromatic carbocycles. The summed E-state index contributed by atoms with van der Waals surface area (Å²) in [5.41, 5.74) is 2.32. The van der Waals surface area contributed by atoms with Crippen LogP contribution in [0.5, 0.6) is 0 Å². The van der Waals surface area contributed by atoms with Crippen molar-refractivity contribution in [3.05, 3.63) is 36.7 Å². The van der Waals surface area contributed by atoms with Crippen LogP contribution in [0.25, 0.3) is 16.9 Å². The fourth-order valence-corrected chi connectivity index (χ4v) is 3.46. The summed E-state index contributed by atoms with van der Waals surface area (Å²) in [6.45, 7) is 1.34. The zero-order chi connectivity index (χ0) is 17.8. The van der Waals surface area contributed by atoms with Gasteiger partial charge >= 0.3 is 0 Å². The van der Waals surface area contributed by atoms with E-state index in [-0.39, 0.29) is 17.8 Å². The van der Waals surface area contributed by atoms with Crippen molar-refractivity contribution in [2.24, 2.45) is 0 Å². The van der Waals surface area contributed by atoms with Crippen molar-refractivity contribution in [2.45, 2.75) is 24.1 Å². The van der Waals surface area contributed by atoms with Crippen LogP contribution < -0.4 is 5.32 Å². The van der Waals surface area contributed by atoms with Gasteiger partial charge in [0, 0.05) is 31.1 Å². The number of amides is 1. The molecule has 1 fully saturated rings. The second-order valence-corrected chi connectivity index (χ2v) is 6.88. The Balaban J connectivity index is 1.42. The number of carbonyl (C=O) groups is 1. The van der Waals surface area contributed by atoms with Crippen molar-refractivity contribution in [3.63, 3.8) is 0 Å². The molecular formula is C17H18N6O2S. The van der Waals surface area contributed by atoms with Gasteiger partial charge < -0.3 is 10.1 Å². The minimum Gasteiger partial charge on any atom is -0.376 e. The monoisotopic (exact) mass is 370 g/mol. The Labute approximate surface area is 154 Å². The lowest BCUT2D eigenvalue weighted by Gasteiger charge is -2.10. The van der Waals surface area contributed by atoms with Crippen molar-refractivity contribution in [1.29, 1.82) is 0 Å². The quantitative estimate of drug-likeness (QED) is 0.658. The van der Waals surface area contributed by atoms with Gasteiger partial charge in [0.15, 0.2) is 5.65 Å². The number of rotatable bonds is 6. The number of hydrogen-bond acceptors (Lipinski definition) is 7. The van der Waals surface area contributed by atoms with Gasteiger partial charge in [-0.25, -0.2) is 0 Å². The molecule has 9 heteroatoms. The van der Waals surface area contributed by atoms with E-state index in [0.29, 0.717) is 17.3 Å². The van der Waals surface area contributed by atoms with Crippen molar-refractivity contribution < 1.29 is 9.53 Å². The third kappa shape index (κ3) is 3.83. The van der Waals surface area contributed by atoms with Crippen LogP contribution in [0, 0.1) is 0 Å². The minimum atomic E-state index is -0.0503. The van der Waals surface area contributed by atoms with Gasteiger partial charge in [-0.2, -0.15) is 9.61 Å². The number of pyridine rings is 1. The Morgan fingerprint density at radius 2 is 2.31 bits per heavy atom. The van der Waals surface area contributed by atoms with Crippen LogP contribution >= 0.6 is 11.8 Å². The maximum absolute atomic E-state index is 12.0. The van der Waals surface area contributed by atoms with E-state index < -0.39 is 0 Å². The van der Waals surface area contributed by atoms with Crippen LogP contribution in [0.15, 0.2) is 41.8 Å². The van der Waals surface area contributed by atoms with Crippen LogP contribution in [-0.4, -0.2) is 55.7 Å². The molecule has 0 bridgehead atoms. The molecule has 8 nitrogen and oxygen atoms in total. The van der Waals surface area contributed by atoms with Gasteiger partial charge in [-0.3, -0.25) is 9.78 Å². The lowest BCUT2D eigenvalue weighted by atomic mass is 10.2. The molecule has 4 rings (SSSR count). The molecular weight excluding hydrogens is 352 g/mol. The molecule has 1 aliphatic rings. The third-order valence-corrected chi connectivity index (χ3v) is 4.99. The molecule has 1 saturated heterocycles. The van der Waals surface area contributed by atoms with Crippen molar-refractivity contribution in [1.82, 2.24) is 30.1 Å². The lowest BCUT2D eigenvalue weighted by molar-refractivity contribution is -0.119. The average Bonchev–Trinajstić information content (AvgIpc) is 3.35. The van der Waals surface area contributed by atoms with Crippen LogP contribution in [0.4, 0.5) is 0 Å². The fourth-order valence-electron chi connectivity index (χ4n) is 2.74. The molecule has 0 radical (unpaired) electrons. The Kier molecular flexibility index (Phi) is 5.07. The average molecular weight is 370 g/mol. The lowest BCUT2D eigenvalue weighted by Crippen LogP contribution is -2.32. The zero-order valence-corrected chi connectivity index (χ0v) is 14.9. The van der Waals surface area contributed by atoms with Gasteiger partial charge in [0.25, 0.3) is 0 Å². The molecule has 1 aliphatic heterocycles. The molecule has 1 atom stereocenters. The number of nitrogens with one attached hydrogen (secondary N) is 1. The maximum atomic E-state index is 12.0. The second-order valence-electron chi connectivity index (χ2n) is 5.94. The van der Waals surface area contributed by atoms with Crippen LogP contribution in [0.2, 0.25) is 0 Å². The molecule has 26 heavy (non-hydrogen) atoms. The highest BCUT2D eigenvalue weighted by Crippen LogP contribution is 2.20. The van der Waals surface area contributed by atoms with Gasteiger partial charge in [-0.1, -0.05) is 11.8 Å². The topological polar surface area (TPSA) is 94.3 Å². The second kappa shape index (κ2) is 7.79. The van der Waals surface area contributed by atoms with Gasteiger partial charge in [0.1, 0.15) is 0 Å². The van der Waals surface area contributed by atoms with E-state index in [1.54, 1.807) is 16.9 Å². The summed E-state index contributed by atoms with van der Waals surface area (Å²) >= 11 is 1.31. The van der Waals surface area contributed by atoms with Gasteiger partial charge in [0.2, 0.25) is 11.1 Å². The number of aromatic nitrogens is 5. The van der Waals surface area contributed by atoms with E-state index in [0.717, 1.165) is 30.7 Å². The first kappa shape index (κ1) is 16.9. The van der Waals surface area contributed by atoms with Crippen LogP contribution in [-0.2, 0) is 9.53 Å². The van der Waals surface area contributed by atoms with E-state index in [1.807, 2.05) is 24.3 Å². The first-order valence-electron chi connectivity index (χ1n) is 8.43. The van der Waals surface area contributed by atoms with E-state index >= 15 is 0 Å². The first-order chi connectivity index (χ1) is 12.8. The highest BCUT2D eigenvalue weighted by molar-refractivity contribution is 7.99. The Bertz CT molecular complexity index is 895. The summed E-state index contributed by atoms with van der Waals surface area (Å²) in [5.74, 6) is 0.206. The zero-order valence-electron chi connectivity index (χ0n) is 14.0. The number of thioether (sulfide) groups is 1. The van der Waals surface area contributed by atoms with Gasteiger partial charge in [-0.05, 0) is 37.1 Å². The molecule has 134 valence electrons. The summed E-state index contributed by atoms with van der Waals surface area (Å²) in [6.07, 6.45) is 5.68. The van der Waals surface area contributed by atoms with Crippen LogP contribution in [0.1, 0.15) is 12.8 Å². The highest BCUT2D eigenvalue weighted by Gasteiger charge is 2.17. The molecule has 1 amide bonds. The van der Waals surface area contributed by atoms with Gasteiger partial charge in [0.05, 0.1) is 17.6 Å². The number of hydrogen-bond donors (Lipinski definition) is 1. The summed E-state index contributed by atoms with van der Waals surface area (Å²) < 4.78 is 7.16. The molecule has 4 heterocycles. The van der Waals surface area contributed by atoms with Crippen LogP contribution in [0.3, 0.4) is 0 Å². The molecule has 3 aromatic heterocycles. The summed E-state index contributed by atoms with van der Waals surface area (Å²) in [7, 11) is 0. The minimum absolute atomic E-state index is 0.0503. The Morgan fingerprint density at radius 1 is 1.35 bits per heavy atom. The highest BCUT2D eigenvalue weighted by atomic mass is 32.2. The molecule has 0 spiro atoms. The molecule has 0 unspecified atom stereocenters. The largest absolute Gasteiger partial charge is 0.376 e. The van der Waals surface area contributed by atoms with E-state index in [1.165, 1.54) is 11.8 Å². The number of fused-ring (bicyclic) bond motifs is 1.